The van der Waals surface area contributed by atoms with Crippen molar-refractivity contribution in [2.45, 2.75) is 11.1 Å². The maximum absolute atomic E-state index is 12.9. The molecular weight excluding hydrogens is 343 g/mol. The van der Waals surface area contributed by atoms with Crippen molar-refractivity contribution in [2.24, 2.45) is 7.05 Å². The van der Waals surface area contributed by atoms with Gasteiger partial charge in [-0.3, -0.25) is 10.1 Å². The number of aromatic nitrogens is 4. The lowest BCUT2D eigenvalue weighted by Crippen LogP contribution is -2.17. The van der Waals surface area contributed by atoms with Crippen LogP contribution in [0.4, 0.5) is 19.1 Å². The predicted octanol–water partition coefficient (Wildman–Crippen LogP) is 2.86. The topological polar surface area (TPSA) is 72.7 Å². The number of rotatable bonds is 3. The number of carbonyl (C=O) groups excluding carboxylic acids is 1. The summed E-state index contributed by atoms with van der Waals surface area (Å²) in [6, 6.07) is 1.84. The lowest BCUT2D eigenvalue weighted by atomic mass is 10.1. The molecule has 22 heavy (non-hydrogen) atoms. The number of thioether (sulfide) groups is 1. The predicted molar refractivity (Wildman–Crippen MR) is 75.0 cm³/mol. The molecule has 118 valence electrons. The first-order valence-corrected chi connectivity index (χ1v) is 7.33. The van der Waals surface area contributed by atoms with Crippen molar-refractivity contribution in [3.63, 3.8) is 0 Å². The van der Waals surface area contributed by atoms with Gasteiger partial charge in [0.25, 0.3) is 5.91 Å². The van der Waals surface area contributed by atoms with Crippen LogP contribution in [0.25, 0.3) is 0 Å². The quantitative estimate of drug-likeness (QED) is 0.861. The third kappa shape index (κ3) is 3.17. The molecule has 0 fully saturated rings. The van der Waals surface area contributed by atoms with Crippen LogP contribution in [0, 0.1) is 0 Å². The van der Waals surface area contributed by atoms with Gasteiger partial charge in [0.1, 0.15) is 0 Å². The molecule has 0 aliphatic carbocycles. The van der Waals surface area contributed by atoms with Crippen LogP contribution in [-0.2, 0) is 13.2 Å². The zero-order chi connectivity index (χ0) is 16.5. The van der Waals surface area contributed by atoms with E-state index in [4.69, 9.17) is 11.6 Å². The number of alkyl halides is 3. The lowest BCUT2D eigenvalue weighted by Gasteiger charge is -2.15. The molecule has 1 aromatic heterocycles. The third-order valence-electron chi connectivity index (χ3n) is 2.70. The Morgan fingerprint density at radius 3 is 2.59 bits per heavy atom. The zero-order valence-electron chi connectivity index (χ0n) is 11.3. The Balaban J connectivity index is 2.40. The Hall–Kier alpha value is -1.81. The molecule has 0 spiro atoms. The summed E-state index contributed by atoms with van der Waals surface area (Å²) in [6.45, 7) is 0. The summed E-state index contributed by atoms with van der Waals surface area (Å²) >= 11 is 6.77. The van der Waals surface area contributed by atoms with Crippen LogP contribution in [0.5, 0.6) is 0 Å². The fourth-order valence-corrected chi connectivity index (χ4v) is 2.83. The summed E-state index contributed by atoms with van der Waals surface area (Å²) in [5, 5.41) is 12.5. The van der Waals surface area contributed by atoms with Gasteiger partial charge in [-0.15, -0.1) is 11.8 Å². The van der Waals surface area contributed by atoms with Crippen molar-refractivity contribution in [1.82, 2.24) is 20.2 Å². The van der Waals surface area contributed by atoms with Crippen molar-refractivity contribution >= 4 is 35.2 Å². The molecule has 1 aromatic carbocycles. The van der Waals surface area contributed by atoms with E-state index in [1.165, 1.54) is 18.0 Å². The highest BCUT2D eigenvalue weighted by Crippen LogP contribution is 2.41. The molecule has 0 atom stereocenters. The molecule has 2 rings (SSSR count). The minimum atomic E-state index is -4.55. The molecule has 11 heteroatoms. The summed E-state index contributed by atoms with van der Waals surface area (Å²) < 4.78 is 39.9. The van der Waals surface area contributed by atoms with Crippen LogP contribution in [0.3, 0.4) is 0 Å². The highest BCUT2D eigenvalue weighted by Gasteiger charge is 2.35. The first-order chi connectivity index (χ1) is 10.3. The van der Waals surface area contributed by atoms with E-state index in [1.54, 1.807) is 0 Å². The van der Waals surface area contributed by atoms with Gasteiger partial charge in [-0.05, 0) is 28.8 Å². The molecule has 0 bridgehead atoms. The molecule has 0 saturated heterocycles. The van der Waals surface area contributed by atoms with Gasteiger partial charge < -0.3 is 0 Å². The van der Waals surface area contributed by atoms with Crippen LogP contribution < -0.4 is 5.32 Å². The fourth-order valence-electron chi connectivity index (χ4n) is 1.66. The second kappa shape index (κ2) is 6.13. The Labute approximate surface area is 132 Å². The van der Waals surface area contributed by atoms with Gasteiger partial charge in [0.15, 0.2) is 0 Å². The number of benzene rings is 1. The van der Waals surface area contributed by atoms with Crippen LogP contribution in [-0.4, -0.2) is 32.4 Å². The number of tetrazole rings is 1. The molecule has 1 heterocycles. The molecule has 0 saturated carbocycles. The maximum Gasteiger partial charge on any atom is 0.417 e. The van der Waals surface area contributed by atoms with Crippen LogP contribution in [0.1, 0.15) is 15.9 Å². The van der Waals surface area contributed by atoms with Crippen molar-refractivity contribution in [1.29, 1.82) is 0 Å². The number of carbonyl (C=O) groups is 1. The van der Waals surface area contributed by atoms with E-state index in [9.17, 15) is 18.0 Å². The summed E-state index contributed by atoms with van der Waals surface area (Å²) in [7, 11) is 1.50. The smallest absolute Gasteiger partial charge is 0.289 e. The van der Waals surface area contributed by atoms with Gasteiger partial charge in [0.2, 0.25) is 5.95 Å². The third-order valence-corrected chi connectivity index (χ3v) is 4.03. The minimum absolute atomic E-state index is 0.0478. The van der Waals surface area contributed by atoms with E-state index < -0.39 is 17.6 Å². The van der Waals surface area contributed by atoms with Crippen molar-refractivity contribution in [2.75, 3.05) is 11.6 Å². The standard InChI is InChI=1S/C11H9ClF3N5OS/c1-20-10(17-18-19-20)16-9(21)5-3-4-6(11(13,14)15)8(22-2)7(5)12/h3-4H,1-2H3,(H,16,17,19,21). The van der Waals surface area contributed by atoms with Crippen LogP contribution in [0.15, 0.2) is 17.0 Å². The largest absolute Gasteiger partial charge is 0.417 e. The normalized spacial score (nSPS) is 11.5. The van der Waals surface area contributed by atoms with Gasteiger partial charge in [0, 0.05) is 11.9 Å². The molecular formula is C11H9ClF3N5OS. The number of halogens is 4. The summed E-state index contributed by atoms with van der Waals surface area (Å²) in [5.41, 5.74) is -0.983. The molecule has 0 aliphatic heterocycles. The van der Waals surface area contributed by atoms with E-state index >= 15 is 0 Å². The highest BCUT2D eigenvalue weighted by molar-refractivity contribution is 7.98. The Kier molecular flexibility index (Phi) is 4.61. The number of nitrogens with one attached hydrogen (secondary N) is 1. The number of nitrogens with zero attached hydrogens (tertiary/aromatic N) is 4. The molecule has 1 N–H and O–H groups in total. The van der Waals surface area contributed by atoms with Gasteiger partial charge in [-0.25, -0.2) is 4.68 Å². The van der Waals surface area contributed by atoms with Crippen molar-refractivity contribution in [3.05, 3.63) is 28.3 Å². The molecule has 1 amide bonds. The molecule has 0 radical (unpaired) electrons. The number of amides is 1. The van der Waals surface area contributed by atoms with Gasteiger partial charge >= 0.3 is 6.18 Å². The van der Waals surface area contributed by atoms with E-state index in [1.807, 2.05) is 0 Å². The second-order valence-electron chi connectivity index (χ2n) is 4.09. The van der Waals surface area contributed by atoms with E-state index in [2.05, 4.69) is 20.8 Å². The maximum atomic E-state index is 12.9. The fraction of sp³-hybridized carbons (Fsp3) is 0.273. The molecule has 0 aliphatic rings. The Bertz CT molecular complexity index is 718. The number of anilines is 1. The lowest BCUT2D eigenvalue weighted by molar-refractivity contribution is -0.139. The van der Waals surface area contributed by atoms with E-state index in [-0.39, 0.29) is 21.4 Å². The summed E-state index contributed by atoms with van der Waals surface area (Å²) in [6.07, 6.45) is -3.10. The van der Waals surface area contributed by atoms with E-state index in [0.717, 1.165) is 23.9 Å². The number of hydrogen-bond acceptors (Lipinski definition) is 5. The SMILES string of the molecule is CSc1c(C(F)(F)F)ccc(C(=O)Nc2nnnn2C)c1Cl. The van der Waals surface area contributed by atoms with Gasteiger partial charge in [0.05, 0.1) is 16.1 Å². The van der Waals surface area contributed by atoms with Crippen molar-refractivity contribution < 1.29 is 18.0 Å². The first kappa shape index (κ1) is 16.6. The van der Waals surface area contributed by atoms with Crippen LogP contribution >= 0.6 is 23.4 Å². The monoisotopic (exact) mass is 351 g/mol. The first-order valence-electron chi connectivity index (χ1n) is 5.73. The molecule has 6 nitrogen and oxygen atoms in total. The van der Waals surface area contributed by atoms with E-state index in [0.29, 0.717) is 0 Å². The van der Waals surface area contributed by atoms with Crippen molar-refractivity contribution in [3.8, 4) is 0 Å². The molecule has 2 aromatic rings. The Morgan fingerprint density at radius 1 is 1.41 bits per heavy atom. The summed E-state index contributed by atoms with van der Waals surface area (Å²) in [4.78, 5) is 11.9. The second-order valence-corrected chi connectivity index (χ2v) is 5.28. The van der Waals surface area contributed by atoms with Gasteiger partial charge in [-0.1, -0.05) is 16.7 Å². The summed E-state index contributed by atoms with van der Waals surface area (Å²) in [5.74, 6) is -0.654. The number of aryl methyl sites for hydroxylation is 1. The minimum Gasteiger partial charge on any atom is -0.289 e. The number of hydrogen-bond donors (Lipinski definition) is 1. The average Bonchev–Trinajstić information content (AvgIpc) is 2.82. The zero-order valence-corrected chi connectivity index (χ0v) is 12.8. The highest BCUT2D eigenvalue weighted by atomic mass is 35.5. The average molecular weight is 352 g/mol. The van der Waals surface area contributed by atoms with Crippen LogP contribution in [0.2, 0.25) is 5.02 Å². The van der Waals surface area contributed by atoms with Gasteiger partial charge in [-0.2, -0.15) is 13.2 Å². The Morgan fingerprint density at radius 2 is 2.09 bits per heavy atom. The molecule has 0 unspecified atom stereocenters.